The highest BCUT2D eigenvalue weighted by Gasteiger charge is 2.18. The average molecular weight is 197 g/mol. The van der Waals surface area contributed by atoms with Crippen molar-refractivity contribution in [1.82, 2.24) is 9.97 Å². The lowest BCUT2D eigenvalue weighted by Gasteiger charge is -1.98. The highest BCUT2D eigenvalue weighted by Crippen LogP contribution is 2.26. The molecule has 68 valence electrons. The van der Waals surface area contributed by atoms with Gasteiger partial charge in [-0.2, -0.15) is 5.10 Å². The molecule has 13 heavy (non-hydrogen) atoms. The van der Waals surface area contributed by atoms with E-state index in [1.54, 1.807) is 0 Å². The summed E-state index contributed by atoms with van der Waals surface area (Å²) in [7, 11) is 0. The van der Waals surface area contributed by atoms with E-state index in [9.17, 15) is 0 Å². The molecule has 0 aliphatic heterocycles. The van der Waals surface area contributed by atoms with Crippen molar-refractivity contribution in [2.24, 2.45) is 11.0 Å². The molecular formula is C8H9ClN4. The van der Waals surface area contributed by atoms with Gasteiger partial charge in [0, 0.05) is 6.21 Å². The molecule has 1 fully saturated rings. The van der Waals surface area contributed by atoms with Crippen LogP contribution in [-0.4, -0.2) is 16.2 Å². The first kappa shape index (κ1) is 8.44. The second-order valence-corrected chi connectivity index (χ2v) is 3.35. The summed E-state index contributed by atoms with van der Waals surface area (Å²) in [6, 6.07) is 0. The summed E-state index contributed by atoms with van der Waals surface area (Å²) in [6.07, 6.45) is 7.33. The smallest absolute Gasteiger partial charge is 0.168 e. The van der Waals surface area contributed by atoms with E-state index in [4.69, 9.17) is 11.6 Å². The Morgan fingerprint density at radius 1 is 1.62 bits per heavy atom. The summed E-state index contributed by atoms with van der Waals surface area (Å²) in [5.74, 6) is 1.20. The molecule has 0 spiro atoms. The number of hydrazone groups is 1. The van der Waals surface area contributed by atoms with Gasteiger partial charge < -0.3 is 0 Å². The van der Waals surface area contributed by atoms with Gasteiger partial charge in [-0.05, 0) is 18.8 Å². The standard InChI is InChI=1S/C8H9ClN4/c9-7-4-10-5-11-8(7)13-12-3-6-1-2-6/h3-6H,1-2H2,(H,10,11,13)/b12-3+. The van der Waals surface area contributed by atoms with Crippen molar-refractivity contribution >= 4 is 23.6 Å². The molecule has 1 aliphatic carbocycles. The van der Waals surface area contributed by atoms with E-state index >= 15 is 0 Å². The molecule has 0 bridgehead atoms. The molecule has 0 aromatic carbocycles. The summed E-state index contributed by atoms with van der Waals surface area (Å²) < 4.78 is 0. The summed E-state index contributed by atoms with van der Waals surface area (Å²) in [4.78, 5) is 7.69. The fourth-order valence-corrected chi connectivity index (χ4v) is 0.991. The van der Waals surface area contributed by atoms with Crippen LogP contribution in [0.25, 0.3) is 0 Å². The first-order chi connectivity index (χ1) is 6.36. The number of anilines is 1. The molecule has 0 amide bonds. The van der Waals surface area contributed by atoms with Gasteiger partial charge in [0.05, 0.1) is 6.20 Å². The molecule has 1 aromatic heterocycles. The molecule has 2 rings (SSSR count). The van der Waals surface area contributed by atoms with Gasteiger partial charge in [0.15, 0.2) is 5.82 Å². The third-order valence-corrected chi connectivity index (χ3v) is 2.02. The molecule has 4 nitrogen and oxygen atoms in total. The second-order valence-electron chi connectivity index (χ2n) is 2.95. The molecule has 1 aromatic rings. The third kappa shape index (κ3) is 2.39. The zero-order valence-corrected chi connectivity index (χ0v) is 7.70. The number of nitrogens with zero attached hydrogens (tertiary/aromatic N) is 3. The van der Waals surface area contributed by atoms with Gasteiger partial charge >= 0.3 is 0 Å². The van der Waals surface area contributed by atoms with Crippen molar-refractivity contribution in [1.29, 1.82) is 0 Å². The van der Waals surface area contributed by atoms with E-state index < -0.39 is 0 Å². The Hall–Kier alpha value is -1.16. The summed E-state index contributed by atoms with van der Waals surface area (Å²) in [5.41, 5.74) is 2.77. The Kier molecular flexibility index (Phi) is 2.40. The molecule has 0 saturated heterocycles. The first-order valence-corrected chi connectivity index (χ1v) is 4.49. The fourth-order valence-electron chi connectivity index (χ4n) is 0.844. The maximum atomic E-state index is 5.79. The van der Waals surface area contributed by atoms with E-state index in [1.807, 2.05) is 6.21 Å². The Balaban J connectivity index is 1.96. The van der Waals surface area contributed by atoms with Crippen LogP contribution in [0.15, 0.2) is 17.6 Å². The Morgan fingerprint density at radius 2 is 2.46 bits per heavy atom. The molecule has 1 saturated carbocycles. The van der Waals surface area contributed by atoms with Crippen LogP contribution in [0.4, 0.5) is 5.82 Å². The first-order valence-electron chi connectivity index (χ1n) is 4.11. The van der Waals surface area contributed by atoms with E-state index in [1.165, 1.54) is 25.4 Å². The zero-order chi connectivity index (χ0) is 9.10. The number of aromatic nitrogens is 2. The van der Waals surface area contributed by atoms with E-state index in [0.717, 1.165) is 0 Å². The quantitative estimate of drug-likeness (QED) is 0.594. The topological polar surface area (TPSA) is 50.2 Å². The molecule has 1 N–H and O–H groups in total. The van der Waals surface area contributed by atoms with Gasteiger partial charge in [-0.15, -0.1) is 0 Å². The highest BCUT2D eigenvalue weighted by molar-refractivity contribution is 6.32. The molecule has 5 heteroatoms. The fraction of sp³-hybridized carbons (Fsp3) is 0.375. The van der Waals surface area contributed by atoms with Crippen molar-refractivity contribution in [3.05, 3.63) is 17.5 Å². The SMILES string of the molecule is Clc1cncnc1N/N=C/C1CC1. The van der Waals surface area contributed by atoms with Crippen molar-refractivity contribution in [3.63, 3.8) is 0 Å². The molecule has 1 aliphatic rings. The lowest BCUT2D eigenvalue weighted by Crippen LogP contribution is -1.94. The monoisotopic (exact) mass is 196 g/mol. The number of nitrogens with one attached hydrogen (secondary N) is 1. The van der Waals surface area contributed by atoms with Crippen LogP contribution in [0.3, 0.4) is 0 Å². The minimum absolute atomic E-state index is 0.482. The number of halogens is 1. The van der Waals surface area contributed by atoms with Gasteiger partial charge in [0.2, 0.25) is 0 Å². The van der Waals surface area contributed by atoms with E-state index in [2.05, 4.69) is 20.5 Å². The predicted molar refractivity (Wildman–Crippen MR) is 51.9 cm³/mol. The molecule has 0 atom stereocenters. The molecule has 0 radical (unpaired) electrons. The van der Waals surface area contributed by atoms with Crippen LogP contribution in [-0.2, 0) is 0 Å². The minimum Gasteiger partial charge on any atom is -0.260 e. The van der Waals surface area contributed by atoms with Gasteiger partial charge in [0.1, 0.15) is 11.3 Å². The zero-order valence-electron chi connectivity index (χ0n) is 6.94. The molecule has 1 heterocycles. The lowest BCUT2D eigenvalue weighted by molar-refractivity contribution is 1.13. The van der Waals surface area contributed by atoms with Gasteiger partial charge in [-0.25, -0.2) is 9.97 Å². The van der Waals surface area contributed by atoms with Crippen LogP contribution < -0.4 is 5.43 Å². The van der Waals surface area contributed by atoms with Gasteiger partial charge in [-0.3, -0.25) is 5.43 Å². The van der Waals surface area contributed by atoms with Crippen LogP contribution in [0.1, 0.15) is 12.8 Å². The van der Waals surface area contributed by atoms with Crippen LogP contribution in [0, 0.1) is 5.92 Å². The van der Waals surface area contributed by atoms with Gasteiger partial charge in [-0.1, -0.05) is 11.6 Å². The Morgan fingerprint density at radius 3 is 3.15 bits per heavy atom. The minimum atomic E-state index is 0.482. The Bertz CT molecular complexity index is 322. The average Bonchev–Trinajstić information content (AvgIpc) is 2.92. The van der Waals surface area contributed by atoms with E-state index in [0.29, 0.717) is 16.8 Å². The second kappa shape index (κ2) is 3.70. The maximum Gasteiger partial charge on any atom is 0.168 e. The summed E-state index contributed by atoms with van der Waals surface area (Å²) in [6.45, 7) is 0. The third-order valence-electron chi connectivity index (χ3n) is 1.75. The highest BCUT2D eigenvalue weighted by atomic mass is 35.5. The molecular weight excluding hydrogens is 188 g/mol. The molecule has 0 unspecified atom stereocenters. The number of hydrogen-bond donors (Lipinski definition) is 1. The van der Waals surface area contributed by atoms with Crippen LogP contribution >= 0.6 is 11.6 Å². The van der Waals surface area contributed by atoms with Crippen molar-refractivity contribution in [2.45, 2.75) is 12.8 Å². The summed E-state index contributed by atoms with van der Waals surface area (Å²) in [5, 5.41) is 4.50. The summed E-state index contributed by atoms with van der Waals surface area (Å²) >= 11 is 5.79. The van der Waals surface area contributed by atoms with Crippen LogP contribution in [0.5, 0.6) is 0 Å². The lowest BCUT2D eigenvalue weighted by atomic mass is 10.5. The predicted octanol–water partition coefficient (Wildman–Crippen LogP) is 1.94. The van der Waals surface area contributed by atoms with E-state index in [-0.39, 0.29) is 0 Å². The normalized spacial score (nSPS) is 16.4. The largest absolute Gasteiger partial charge is 0.260 e. The van der Waals surface area contributed by atoms with Crippen molar-refractivity contribution in [2.75, 3.05) is 5.43 Å². The van der Waals surface area contributed by atoms with Crippen molar-refractivity contribution < 1.29 is 0 Å². The Labute approximate surface area is 81.0 Å². The maximum absolute atomic E-state index is 5.79. The van der Waals surface area contributed by atoms with Crippen molar-refractivity contribution in [3.8, 4) is 0 Å². The number of rotatable bonds is 3. The number of hydrogen-bond acceptors (Lipinski definition) is 4. The van der Waals surface area contributed by atoms with Crippen LogP contribution in [0.2, 0.25) is 5.02 Å². The van der Waals surface area contributed by atoms with Gasteiger partial charge in [0.25, 0.3) is 0 Å².